The highest BCUT2D eigenvalue weighted by Gasteiger charge is 2.28. The number of hydrogen-bond donors (Lipinski definition) is 1. The van der Waals surface area contributed by atoms with Crippen LogP contribution in [0.5, 0.6) is 0 Å². The van der Waals surface area contributed by atoms with Gasteiger partial charge in [0.1, 0.15) is 0 Å². The fourth-order valence-electron chi connectivity index (χ4n) is 2.60. The van der Waals surface area contributed by atoms with Crippen LogP contribution in [-0.4, -0.2) is 36.6 Å². The average Bonchev–Trinajstić information content (AvgIpc) is 3.19. The van der Waals surface area contributed by atoms with Crippen LogP contribution < -0.4 is 5.32 Å². The lowest BCUT2D eigenvalue weighted by Gasteiger charge is -2.23. The summed E-state index contributed by atoms with van der Waals surface area (Å²) in [4.78, 5) is 2.75. The first-order chi connectivity index (χ1) is 9.13. The molecule has 1 atom stereocenters. The van der Waals surface area contributed by atoms with Crippen molar-refractivity contribution in [2.75, 3.05) is 19.6 Å². The fraction of sp³-hybridized carbons (Fsp3) is 1.00. The summed E-state index contributed by atoms with van der Waals surface area (Å²) in [6, 6.07) is 1.64. The highest BCUT2D eigenvalue weighted by Crippen LogP contribution is 2.27. The number of nitrogens with one attached hydrogen (secondary N) is 1. The van der Waals surface area contributed by atoms with Crippen molar-refractivity contribution in [1.82, 2.24) is 10.2 Å². The summed E-state index contributed by atoms with van der Waals surface area (Å²) in [7, 11) is 0. The molecule has 0 radical (unpaired) electrons. The van der Waals surface area contributed by atoms with Gasteiger partial charge in [0.2, 0.25) is 0 Å². The van der Waals surface area contributed by atoms with Crippen molar-refractivity contribution >= 4 is 0 Å². The average molecular weight is 268 g/mol. The van der Waals surface area contributed by atoms with Gasteiger partial charge in [-0.05, 0) is 71.0 Å². The summed E-state index contributed by atoms with van der Waals surface area (Å²) >= 11 is 0. The Balaban J connectivity index is 2.04. The van der Waals surface area contributed by atoms with Crippen LogP contribution >= 0.6 is 0 Å². The van der Waals surface area contributed by atoms with Crippen molar-refractivity contribution in [3.8, 4) is 0 Å². The molecule has 2 nitrogen and oxygen atoms in total. The zero-order valence-electron chi connectivity index (χ0n) is 13.8. The predicted octanol–water partition coefficient (Wildman–Crippen LogP) is 4.06. The van der Waals surface area contributed by atoms with Crippen LogP contribution in [0.2, 0.25) is 0 Å². The molecule has 1 aliphatic rings. The molecule has 1 rings (SSSR count). The molecule has 0 bridgehead atoms. The minimum atomic E-state index is 0.699. The highest BCUT2D eigenvalue weighted by molar-refractivity contribution is 4.84. The first-order valence-corrected chi connectivity index (χ1v) is 8.61. The third kappa shape index (κ3) is 8.65. The Morgan fingerprint density at radius 2 is 1.79 bits per heavy atom. The van der Waals surface area contributed by atoms with Crippen molar-refractivity contribution in [3.05, 3.63) is 0 Å². The molecular formula is C17H36N2. The third-order valence-corrected chi connectivity index (χ3v) is 4.13. The molecule has 0 spiro atoms. The van der Waals surface area contributed by atoms with Crippen molar-refractivity contribution < 1.29 is 0 Å². The summed E-state index contributed by atoms with van der Waals surface area (Å²) in [5.41, 5.74) is 0. The van der Waals surface area contributed by atoms with Crippen LogP contribution in [0.25, 0.3) is 0 Å². The Morgan fingerprint density at radius 3 is 2.37 bits per heavy atom. The number of rotatable bonds is 12. The highest BCUT2D eigenvalue weighted by atomic mass is 15.2. The van der Waals surface area contributed by atoms with Crippen LogP contribution in [0.15, 0.2) is 0 Å². The summed E-state index contributed by atoms with van der Waals surface area (Å²) in [6.45, 7) is 13.1. The maximum Gasteiger partial charge on any atom is 0.00964 e. The Kier molecular flexibility index (Phi) is 8.72. The molecule has 19 heavy (non-hydrogen) atoms. The molecule has 1 fully saturated rings. The molecule has 0 amide bonds. The number of unbranched alkanes of at least 4 members (excludes halogenated alkanes) is 1. The summed E-state index contributed by atoms with van der Waals surface area (Å²) in [5.74, 6) is 0.847. The standard InChI is InChI=1S/C17H36N2/c1-5-12-18-16(4)8-6-7-13-19(17-9-10-17)14-11-15(2)3/h15-18H,5-14H2,1-4H3. The van der Waals surface area contributed by atoms with E-state index in [-0.39, 0.29) is 0 Å². The summed E-state index contributed by atoms with van der Waals surface area (Å²) < 4.78 is 0. The topological polar surface area (TPSA) is 15.3 Å². The Labute approximate surface area is 121 Å². The van der Waals surface area contributed by atoms with E-state index in [0.717, 1.165) is 12.0 Å². The van der Waals surface area contributed by atoms with Gasteiger partial charge in [0, 0.05) is 12.1 Å². The van der Waals surface area contributed by atoms with Gasteiger partial charge in [-0.2, -0.15) is 0 Å². The maximum absolute atomic E-state index is 3.58. The smallest absolute Gasteiger partial charge is 0.00964 e. The van der Waals surface area contributed by atoms with Crippen molar-refractivity contribution in [3.63, 3.8) is 0 Å². The molecule has 1 aliphatic carbocycles. The number of nitrogens with zero attached hydrogens (tertiary/aromatic N) is 1. The van der Waals surface area contributed by atoms with Crippen LogP contribution in [0.3, 0.4) is 0 Å². The molecule has 0 saturated heterocycles. The first kappa shape index (κ1) is 17.0. The van der Waals surface area contributed by atoms with Gasteiger partial charge in [-0.25, -0.2) is 0 Å². The van der Waals surface area contributed by atoms with Crippen LogP contribution in [0.1, 0.15) is 72.6 Å². The zero-order valence-corrected chi connectivity index (χ0v) is 13.8. The maximum atomic E-state index is 3.58. The first-order valence-electron chi connectivity index (χ1n) is 8.61. The fourth-order valence-corrected chi connectivity index (χ4v) is 2.60. The second kappa shape index (κ2) is 9.77. The third-order valence-electron chi connectivity index (χ3n) is 4.13. The largest absolute Gasteiger partial charge is 0.314 e. The molecule has 0 aromatic rings. The molecule has 1 unspecified atom stereocenters. The molecule has 1 saturated carbocycles. The van der Waals surface area contributed by atoms with E-state index >= 15 is 0 Å². The van der Waals surface area contributed by atoms with Gasteiger partial charge in [0.15, 0.2) is 0 Å². The van der Waals surface area contributed by atoms with E-state index in [1.54, 1.807) is 0 Å². The SMILES string of the molecule is CCCNC(C)CCCCN(CCC(C)C)C1CC1. The van der Waals surface area contributed by atoms with Gasteiger partial charge in [0.05, 0.1) is 0 Å². The summed E-state index contributed by atoms with van der Waals surface area (Å²) in [5, 5.41) is 3.58. The Morgan fingerprint density at radius 1 is 1.05 bits per heavy atom. The Hall–Kier alpha value is -0.0800. The minimum Gasteiger partial charge on any atom is -0.314 e. The van der Waals surface area contributed by atoms with E-state index in [1.807, 2.05) is 0 Å². The van der Waals surface area contributed by atoms with Gasteiger partial charge in [-0.15, -0.1) is 0 Å². The molecule has 2 heteroatoms. The molecule has 0 aromatic heterocycles. The van der Waals surface area contributed by atoms with E-state index < -0.39 is 0 Å². The van der Waals surface area contributed by atoms with Gasteiger partial charge in [-0.1, -0.05) is 27.2 Å². The second-order valence-corrected chi connectivity index (χ2v) is 6.80. The normalized spacial score (nSPS) is 17.4. The zero-order chi connectivity index (χ0) is 14.1. The Bertz CT molecular complexity index is 211. The molecular weight excluding hydrogens is 232 g/mol. The molecule has 1 N–H and O–H groups in total. The lowest BCUT2D eigenvalue weighted by atomic mass is 10.1. The quantitative estimate of drug-likeness (QED) is 0.537. The van der Waals surface area contributed by atoms with Gasteiger partial charge in [-0.3, -0.25) is 0 Å². The van der Waals surface area contributed by atoms with E-state index in [4.69, 9.17) is 0 Å². The van der Waals surface area contributed by atoms with E-state index in [2.05, 4.69) is 37.9 Å². The van der Waals surface area contributed by atoms with Crippen LogP contribution in [0.4, 0.5) is 0 Å². The second-order valence-electron chi connectivity index (χ2n) is 6.80. The predicted molar refractivity (Wildman–Crippen MR) is 85.7 cm³/mol. The van der Waals surface area contributed by atoms with Crippen molar-refractivity contribution in [2.45, 2.75) is 84.7 Å². The molecule has 114 valence electrons. The van der Waals surface area contributed by atoms with Gasteiger partial charge in [0.25, 0.3) is 0 Å². The number of hydrogen-bond acceptors (Lipinski definition) is 2. The monoisotopic (exact) mass is 268 g/mol. The van der Waals surface area contributed by atoms with Crippen LogP contribution in [0, 0.1) is 5.92 Å². The van der Waals surface area contributed by atoms with Crippen molar-refractivity contribution in [2.24, 2.45) is 5.92 Å². The van der Waals surface area contributed by atoms with E-state index in [1.165, 1.54) is 64.6 Å². The van der Waals surface area contributed by atoms with Crippen molar-refractivity contribution in [1.29, 1.82) is 0 Å². The lowest BCUT2D eigenvalue weighted by Crippen LogP contribution is -2.30. The van der Waals surface area contributed by atoms with E-state index in [0.29, 0.717) is 6.04 Å². The molecule has 0 heterocycles. The minimum absolute atomic E-state index is 0.699. The summed E-state index contributed by atoms with van der Waals surface area (Å²) in [6.07, 6.45) is 9.61. The van der Waals surface area contributed by atoms with E-state index in [9.17, 15) is 0 Å². The van der Waals surface area contributed by atoms with Gasteiger partial charge >= 0.3 is 0 Å². The van der Waals surface area contributed by atoms with Crippen LogP contribution in [-0.2, 0) is 0 Å². The molecule has 0 aromatic carbocycles. The van der Waals surface area contributed by atoms with Gasteiger partial charge < -0.3 is 10.2 Å². The lowest BCUT2D eigenvalue weighted by molar-refractivity contribution is 0.241. The molecule has 0 aliphatic heterocycles.